The predicted octanol–water partition coefficient (Wildman–Crippen LogP) is 2.51. The third-order valence-corrected chi connectivity index (χ3v) is 4.39. The molecule has 0 spiro atoms. The fraction of sp³-hybridized carbons (Fsp3) is 0.0625. The van der Waals surface area contributed by atoms with E-state index in [4.69, 9.17) is 22.4 Å². The van der Waals surface area contributed by atoms with Gasteiger partial charge in [-0.1, -0.05) is 30.3 Å². The highest BCUT2D eigenvalue weighted by Gasteiger charge is 2.10. The lowest BCUT2D eigenvalue weighted by Gasteiger charge is -2.04. The molecule has 24 heavy (non-hydrogen) atoms. The summed E-state index contributed by atoms with van der Waals surface area (Å²) >= 11 is 6.23. The normalized spacial score (nSPS) is 11.2. The number of oxazole rings is 1. The molecule has 3 rings (SSSR count). The standard InChI is InChI=1S/C16H14N4O2S2/c17-10-18-15(23)19-24-12-6-7-13-14(8-12)22-16(21)20(13)9-11-4-2-1-3-5-11/h1-8,10H,9H2,(H3,17,18,19,23). The van der Waals surface area contributed by atoms with E-state index >= 15 is 0 Å². The van der Waals surface area contributed by atoms with Gasteiger partial charge < -0.3 is 14.9 Å². The highest BCUT2D eigenvalue weighted by molar-refractivity contribution is 7.99. The number of hydrogen-bond acceptors (Lipinski definition) is 4. The third kappa shape index (κ3) is 3.66. The van der Waals surface area contributed by atoms with Crippen molar-refractivity contribution in [3.63, 3.8) is 0 Å². The first-order valence-corrected chi connectivity index (χ1v) is 8.28. The molecule has 1 aromatic heterocycles. The van der Waals surface area contributed by atoms with E-state index in [9.17, 15) is 4.79 Å². The number of aromatic nitrogens is 1. The Hall–Kier alpha value is -2.58. The van der Waals surface area contributed by atoms with Gasteiger partial charge in [0, 0.05) is 4.90 Å². The monoisotopic (exact) mass is 358 g/mol. The van der Waals surface area contributed by atoms with Crippen LogP contribution in [-0.4, -0.2) is 16.0 Å². The average molecular weight is 358 g/mol. The summed E-state index contributed by atoms with van der Waals surface area (Å²) < 4.78 is 9.83. The van der Waals surface area contributed by atoms with Crippen LogP contribution < -0.4 is 16.2 Å². The summed E-state index contributed by atoms with van der Waals surface area (Å²) in [5, 5.41) is 0.269. The van der Waals surface area contributed by atoms with Crippen molar-refractivity contribution < 1.29 is 4.42 Å². The zero-order chi connectivity index (χ0) is 16.9. The Bertz CT molecular complexity index is 948. The quantitative estimate of drug-likeness (QED) is 0.323. The molecular formula is C16H14N4O2S2. The van der Waals surface area contributed by atoms with Crippen LogP contribution in [0.1, 0.15) is 5.56 Å². The number of nitrogens with zero attached hydrogens (tertiary/aromatic N) is 2. The molecule has 0 amide bonds. The number of nitrogens with one attached hydrogen (secondary N) is 1. The first kappa shape index (κ1) is 16.3. The van der Waals surface area contributed by atoms with Crippen LogP contribution in [0.2, 0.25) is 0 Å². The topological polar surface area (TPSA) is 85.6 Å². The molecule has 1 heterocycles. The van der Waals surface area contributed by atoms with E-state index in [1.165, 1.54) is 11.9 Å². The Morgan fingerprint density at radius 2 is 2.12 bits per heavy atom. The fourth-order valence-electron chi connectivity index (χ4n) is 2.22. The summed E-state index contributed by atoms with van der Waals surface area (Å²) in [5.74, 6) is -0.382. The summed E-state index contributed by atoms with van der Waals surface area (Å²) in [6.07, 6.45) is 1.13. The van der Waals surface area contributed by atoms with Crippen molar-refractivity contribution in [1.82, 2.24) is 9.29 Å². The van der Waals surface area contributed by atoms with Crippen LogP contribution in [-0.2, 0) is 6.54 Å². The van der Waals surface area contributed by atoms with E-state index in [0.29, 0.717) is 12.1 Å². The second-order valence-electron chi connectivity index (χ2n) is 4.86. The molecule has 0 fully saturated rings. The van der Waals surface area contributed by atoms with Crippen LogP contribution in [0.15, 0.2) is 67.6 Å². The number of fused-ring (bicyclic) bond motifs is 1. The maximum absolute atomic E-state index is 12.1. The number of thiocarbonyl (C=S) groups is 1. The maximum Gasteiger partial charge on any atom is 0.420 e. The SMILES string of the molecule is NC=NC(=S)NSc1ccc2c(c1)oc(=O)n2Cc1ccccc1. The van der Waals surface area contributed by atoms with E-state index in [0.717, 1.165) is 22.3 Å². The molecule has 0 radical (unpaired) electrons. The van der Waals surface area contributed by atoms with Gasteiger partial charge in [-0.05, 0) is 47.9 Å². The van der Waals surface area contributed by atoms with Crippen molar-refractivity contribution >= 4 is 46.7 Å². The van der Waals surface area contributed by atoms with Crippen molar-refractivity contribution in [2.45, 2.75) is 11.4 Å². The largest absolute Gasteiger partial charge is 0.420 e. The van der Waals surface area contributed by atoms with Crippen molar-refractivity contribution in [2.75, 3.05) is 0 Å². The van der Waals surface area contributed by atoms with E-state index in [1.807, 2.05) is 42.5 Å². The summed E-state index contributed by atoms with van der Waals surface area (Å²) in [4.78, 5) is 16.7. The lowest BCUT2D eigenvalue weighted by Crippen LogP contribution is -2.14. The molecule has 3 aromatic rings. The van der Waals surface area contributed by atoms with Gasteiger partial charge >= 0.3 is 5.76 Å². The lowest BCUT2D eigenvalue weighted by molar-refractivity contribution is 0.517. The second-order valence-corrected chi connectivity index (χ2v) is 6.12. The molecule has 122 valence electrons. The summed E-state index contributed by atoms with van der Waals surface area (Å²) in [6.45, 7) is 0.465. The predicted molar refractivity (Wildman–Crippen MR) is 100 cm³/mol. The Kier molecular flexibility index (Phi) is 4.97. The molecule has 0 atom stereocenters. The molecule has 8 heteroatoms. The maximum atomic E-state index is 12.1. The molecule has 2 aromatic carbocycles. The van der Waals surface area contributed by atoms with Gasteiger partial charge in [0.15, 0.2) is 5.58 Å². The zero-order valence-corrected chi connectivity index (χ0v) is 14.1. The zero-order valence-electron chi connectivity index (χ0n) is 12.5. The minimum atomic E-state index is -0.382. The first-order chi connectivity index (χ1) is 11.7. The van der Waals surface area contributed by atoms with Gasteiger partial charge in [0.05, 0.1) is 18.4 Å². The Morgan fingerprint density at radius 3 is 2.88 bits per heavy atom. The van der Waals surface area contributed by atoms with E-state index in [2.05, 4.69) is 9.71 Å². The van der Waals surface area contributed by atoms with Crippen LogP contribution in [0, 0.1) is 0 Å². The van der Waals surface area contributed by atoms with Gasteiger partial charge in [0.25, 0.3) is 0 Å². The number of aliphatic imine (C=N–C) groups is 1. The highest BCUT2D eigenvalue weighted by atomic mass is 32.2. The summed E-state index contributed by atoms with van der Waals surface area (Å²) in [5.41, 5.74) is 7.48. The minimum Gasteiger partial charge on any atom is -0.408 e. The Labute approximate surface area is 147 Å². The van der Waals surface area contributed by atoms with Crippen molar-refractivity contribution in [3.8, 4) is 0 Å². The Balaban J connectivity index is 1.84. The molecule has 0 saturated carbocycles. The third-order valence-electron chi connectivity index (χ3n) is 3.27. The van der Waals surface area contributed by atoms with E-state index in [1.54, 1.807) is 10.6 Å². The molecule has 0 unspecified atom stereocenters. The number of hydrogen-bond donors (Lipinski definition) is 2. The lowest BCUT2D eigenvalue weighted by atomic mass is 10.2. The Morgan fingerprint density at radius 1 is 1.33 bits per heavy atom. The van der Waals surface area contributed by atoms with Gasteiger partial charge in [-0.15, -0.1) is 0 Å². The van der Waals surface area contributed by atoms with Crippen molar-refractivity contribution in [3.05, 3.63) is 64.6 Å². The van der Waals surface area contributed by atoms with Crippen LogP contribution in [0.5, 0.6) is 0 Å². The molecule has 0 aliphatic rings. The van der Waals surface area contributed by atoms with Crippen LogP contribution in [0.25, 0.3) is 11.1 Å². The van der Waals surface area contributed by atoms with Crippen molar-refractivity contribution in [1.29, 1.82) is 0 Å². The molecule has 0 saturated heterocycles. The van der Waals surface area contributed by atoms with Gasteiger partial charge in [0.2, 0.25) is 5.11 Å². The molecule has 6 nitrogen and oxygen atoms in total. The first-order valence-electron chi connectivity index (χ1n) is 7.06. The number of nitrogens with two attached hydrogens (primary N) is 1. The molecule has 0 aliphatic carbocycles. The molecule has 0 aliphatic heterocycles. The summed E-state index contributed by atoms with van der Waals surface area (Å²) in [6, 6.07) is 15.3. The number of benzene rings is 2. The van der Waals surface area contributed by atoms with Crippen molar-refractivity contribution in [2.24, 2.45) is 10.7 Å². The van der Waals surface area contributed by atoms with Gasteiger partial charge in [-0.2, -0.15) is 0 Å². The summed E-state index contributed by atoms with van der Waals surface area (Å²) in [7, 11) is 0. The van der Waals surface area contributed by atoms with E-state index in [-0.39, 0.29) is 10.9 Å². The fourth-order valence-corrected chi connectivity index (χ4v) is 2.97. The van der Waals surface area contributed by atoms with Crippen LogP contribution in [0.4, 0.5) is 0 Å². The minimum absolute atomic E-state index is 0.269. The second kappa shape index (κ2) is 7.33. The average Bonchev–Trinajstić information content (AvgIpc) is 2.89. The molecule has 0 bridgehead atoms. The molecule has 3 N–H and O–H groups in total. The van der Waals surface area contributed by atoms with Gasteiger partial charge in [-0.3, -0.25) is 4.57 Å². The smallest absolute Gasteiger partial charge is 0.408 e. The highest BCUT2D eigenvalue weighted by Crippen LogP contribution is 2.22. The molecular weight excluding hydrogens is 344 g/mol. The van der Waals surface area contributed by atoms with E-state index < -0.39 is 0 Å². The number of rotatable bonds is 4. The van der Waals surface area contributed by atoms with Gasteiger partial charge in [0.1, 0.15) is 0 Å². The van der Waals surface area contributed by atoms with Gasteiger partial charge in [-0.25, -0.2) is 9.79 Å². The van der Waals surface area contributed by atoms with Crippen LogP contribution >= 0.6 is 24.2 Å². The van der Waals surface area contributed by atoms with Crippen LogP contribution in [0.3, 0.4) is 0 Å².